The predicted octanol–water partition coefficient (Wildman–Crippen LogP) is 4.85. The van der Waals surface area contributed by atoms with E-state index in [-0.39, 0.29) is 26.4 Å². The molecule has 1 unspecified atom stereocenters. The second kappa shape index (κ2) is 8.22. The van der Waals surface area contributed by atoms with Crippen molar-refractivity contribution in [3.63, 3.8) is 0 Å². The van der Waals surface area contributed by atoms with Crippen molar-refractivity contribution in [3.8, 4) is 6.07 Å². The quantitative estimate of drug-likeness (QED) is 0.359. The van der Waals surface area contributed by atoms with Crippen molar-refractivity contribution in [2.24, 2.45) is 7.05 Å². The van der Waals surface area contributed by atoms with Gasteiger partial charge in [-0.15, -0.1) is 11.3 Å². The summed E-state index contributed by atoms with van der Waals surface area (Å²) in [6, 6.07) is 6.70. The van der Waals surface area contributed by atoms with Crippen LogP contribution < -0.4 is 15.8 Å². The van der Waals surface area contributed by atoms with Crippen molar-refractivity contribution in [2.75, 3.05) is 23.3 Å². The molecule has 1 N–H and O–H groups in total. The second-order valence-electron chi connectivity index (χ2n) is 7.90. The number of aromatic nitrogens is 2. The van der Waals surface area contributed by atoms with Crippen molar-refractivity contribution in [3.05, 3.63) is 50.0 Å². The van der Waals surface area contributed by atoms with E-state index in [1.165, 1.54) is 22.0 Å². The van der Waals surface area contributed by atoms with Gasteiger partial charge in [0.05, 0.1) is 19.8 Å². The third-order valence-corrected chi connectivity index (χ3v) is 7.98. The lowest BCUT2D eigenvalue weighted by Gasteiger charge is -2.44. The summed E-state index contributed by atoms with van der Waals surface area (Å²) in [4.78, 5) is 20.3. The Morgan fingerprint density at radius 3 is 2.87 bits per heavy atom. The first-order valence-electron chi connectivity index (χ1n) is 9.68. The monoisotopic (exact) mass is 571 g/mol. The lowest BCUT2D eigenvalue weighted by molar-refractivity contribution is 0.457. The molecular weight excluding hydrogens is 552 g/mol. The molecule has 31 heavy (non-hydrogen) atoms. The van der Waals surface area contributed by atoms with E-state index in [0.29, 0.717) is 41.4 Å². The fourth-order valence-corrected chi connectivity index (χ4v) is 5.96. The number of hydrogen-bond acceptors (Lipinski definition) is 6. The molecule has 2 atom stereocenters. The first-order valence-corrected chi connectivity index (χ1v) is 12.0. The Morgan fingerprint density at radius 2 is 2.23 bits per heavy atom. The van der Waals surface area contributed by atoms with Crippen molar-refractivity contribution in [2.45, 2.75) is 29.7 Å². The summed E-state index contributed by atoms with van der Waals surface area (Å²) in [6.07, 6.45) is 0.701. The largest absolute Gasteiger partial charge is 0.378 e. The number of nitriles is 1. The van der Waals surface area contributed by atoms with Crippen molar-refractivity contribution < 1.29 is 4.39 Å². The second-order valence-corrected chi connectivity index (χ2v) is 12.0. The summed E-state index contributed by atoms with van der Waals surface area (Å²) < 4.78 is 15.5. The van der Waals surface area contributed by atoms with Gasteiger partial charge in [0, 0.05) is 31.2 Å². The minimum absolute atomic E-state index is 0.00947. The molecule has 6 nitrogen and oxygen atoms in total. The van der Waals surface area contributed by atoms with Crippen molar-refractivity contribution in [1.29, 1.82) is 5.26 Å². The lowest BCUT2D eigenvalue weighted by Crippen LogP contribution is -2.55. The zero-order valence-corrected chi connectivity index (χ0v) is 20.9. The predicted molar refractivity (Wildman–Crippen MR) is 132 cm³/mol. The van der Waals surface area contributed by atoms with Gasteiger partial charge in [0.15, 0.2) is 0 Å². The number of halogens is 3. The minimum Gasteiger partial charge on any atom is -0.378 e. The van der Waals surface area contributed by atoms with Crippen LogP contribution in [0.15, 0.2) is 23.0 Å². The summed E-state index contributed by atoms with van der Waals surface area (Å²) in [7, 11) is 1.67. The van der Waals surface area contributed by atoms with Crippen LogP contribution in [0.1, 0.15) is 23.9 Å². The Morgan fingerprint density at radius 1 is 1.48 bits per heavy atom. The van der Waals surface area contributed by atoms with Gasteiger partial charge < -0.3 is 14.8 Å². The third-order valence-electron chi connectivity index (χ3n) is 5.60. The number of alkyl halides is 1. The number of rotatable bonds is 3. The van der Waals surface area contributed by atoms with E-state index in [0.717, 1.165) is 9.84 Å². The highest BCUT2D eigenvalue weighted by Crippen LogP contribution is 2.39. The van der Waals surface area contributed by atoms with Crippen LogP contribution in [-0.2, 0) is 7.05 Å². The number of hydrogen-bond donors (Lipinski definition) is 1. The number of anilines is 2. The van der Waals surface area contributed by atoms with Gasteiger partial charge in [0.25, 0.3) is 5.56 Å². The van der Waals surface area contributed by atoms with E-state index < -0.39 is 0 Å². The normalized spacial score (nSPS) is 21.3. The Hall–Kier alpha value is -1.90. The molecule has 0 bridgehead atoms. The smallest absolute Gasteiger partial charge is 0.271 e. The van der Waals surface area contributed by atoms with Gasteiger partial charge in [-0.1, -0.05) is 34.2 Å². The molecular formula is C21H20ClFIN5OS. The molecule has 0 amide bonds. The number of thiazole rings is 1. The van der Waals surface area contributed by atoms with E-state index in [2.05, 4.69) is 50.8 Å². The van der Waals surface area contributed by atoms with Gasteiger partial charge in [-0.3, -0.25) is 4.79 Å². The molecule has 0 radical (unpaired) electrons. The summed E-state index contributed by atoms with van der Waals surface area (Å²) in [6.45, 7) is 5.17. The highest BCUT2D eigenvalue weighted by molar-refractivity contribution is 14.1. The Balaban J connectivity index is 1.70. The van der Waals surface area contributed by atoms with E-state index in [9.17, 15) is 14.4 Å². The van der Waals surface area contributed by atoms with Crippen LogP contribution in [0.4, 0.5) is 15.8 Å². The van der Waals surface area contributed by atoms with Crippen molar-refractivity contribution in [1.82, 2.24) is 9.55 Å². The number of pyridine rings is 1. The highest BCUT2D eigenvalue weighted by atomic mass is 127. The number of aryl methyl sites for hydroxylation is 2. The van der Waals surface area contributed by atoms with Crippen LogP contribution in [0.5, 0.6) is 0 Å². The molecule has 1 aliphatic rings. The minimum atomic E-state index is -0.389. The number of benzene rings is 1. The lowest BCUT2D eigenvalue weighted by atomic mass is 9.92. The molecule has 0 aliphatic carbocycles. The molecule has 2 aromatic heterocycles. The van der Waals surface area contributed by atoms with E-state index in [1.807, 2.05) is 6.92 Å². The Bertz CT molecular complexity index is 1280. The summed E-state index contributed by atoms with van der Waals surface area (Å²) in [5, 5.41) is 14.3. The van der Waals surface area contributed by atoms with Gasteiger partial charge in [-0.2, -0.15) is 5.26 Å². The maximum Gasteiger partial charge on any atom is 0.271 e. The number of nitrogens with zero attached hydrogens (tertiary/aromatic N) is 4. The van der Waals surface area contributed by atoms with E-state index in [1.54, 1.807) is 19.2 Å². The molecule has 1 aliphatic heterocycles. The van der Waals surface area contributed by atoms with Gasteiger partial charge in [0.1, 0.15) is 27.8 Å². The van der Waals surface area contributed by atoms with Crippen LogP contribution in [0.25, 0.3) is 10.3 Å². The summed E-state index contributed by atoms with van der Waals surface area (Å²) in [5.41, 5.74) is 1.50. The molecule has 1 fully saturated rings. The van der Waals surface area contributed by atoms with E-state index >= 15 is 0 Å². The van der Waals surface area contributed by atoms with Gasteiger partial charge in [-0.25, -0.2) is 9.37 Å². The first kappa shape index (κ1) is 22.3. The zero-order valence-electron chi connectivity index (χ0n) is 17.2. The average Bonchev–Trinajstić information content (AvgIpc) is 3.09. The molecule has 3 heterocycles. The zero-order chi connectivity index (χ0) is 22.5. The topological polar surface area (TPSA) is 74.0 Å². The maximum absolute atomic E-state index is 14.3. The number of nitrogens with one attached hydrogen (secondary N) is 1. The Labute approximate surface area is 201 Å². The van der Waals surface area contributed by atoms with Crippen LogP contribution in [0.2, 0.25) is 5.02 Å². The molecule has 0 saturated carbocycles. The van der Waals surface area contributed by atoms with Gasteiger partial charge in [0.2, 0.25) is 0 Å². The SMILES string of the molecule is Cc1nc2c(N3CCC(Nc4ccc(Cl)cc4F)[C@](C)(I)C3)c(C#N)c(=O)n(C)c2s1. The first-order chi connectivity index (χ1) is 14.6. The molecule has 10 heteroatoms. The molecule has 0 spiro atoms. The third kappa shape index (κ3) is 4.01. The van der Waals surface area contributed by atoms with Crippen LogP contribution in [0.3, 0.4) is 0 Å². The Kier molecular flexibility index (Phi) is 5.91. The highest BCUT2D eigenvalue weighted by Gasteiger charge is 2.39. The number of piperidine rings is 1. The van der Waals surface area contributed by atoms with Crippen LogP contribution in [0, 0.1) is 24.1 Å². The van der Waals surface area contributed by atoms with Crippen molar-refractivity contribution >= 4 is 67.3 Å². The molecule has 162 valence electrons. The summed E-state index contributed by atoms with van der Waals surface area (Å²) in [5.74, 6) is -0.389. The summed E-state index contributed by atoms with van der Waals surface area (Å²) >= 11 is 9.69. The standard InChI is InChI=1S/C21H20ClFIN5OS/c1-11-26-17-18(13(9-25)19(30)28(3)20(17)31-11)29-7-6-16(21(2,24)10-29)27-15-5-4-12(22)8-14(15)23/h4-5,8,16,27H,6-7,10H2,1-3H3/t16?,21-/m1/s1. The molecule has 1 aromatic carbocycles. The van der Waals surface area contributed by atoms with Gasteiger partial charge in [-0.05, 0) is 38.5 Å². The van der Waals surface area contributed by atoms with E-state index in [4.69, 9.17) is 11.6 Å². The van der Waals surface area contributed by atoms with Crippen LogP contribution >= 0.6 is 45.5 Å². The fourth-order valence-electron chi connectivity index (χ4n) is 4.04. The molecule has 4 rings (SSSR count). The maximum atomic E-state index is 14.3. The molecule has 1 saturated heterocycles. The fraction of sp³-hybridized carbons (Fsp3) is 0.381. The molecule has 3 aromatic rings. The average molecular weight is 572 g/mol. The van der Waals surface area contributed by atoms with Gasteiger partial charge >= 0.3 is 0 Å². The number of fused-ring (bicyclic) bond motifs is 1. The van der Waals surface area contributed by atoms with Crippen LogP contribution in [-0.4, -0.2) is 32.1 Å².